The Labute approximate surface area is 179 Å². The molecular formula is C27H29NO2. The summed E-state index contributed by atoms with van der Waals surface area (Å²) >= 11 is 0. The van der Waals surface area contributed by atoms with E-state index in [0.29, 0.717) is 5.75 Å². The zero-order valence-corrected chi connectivity index (χ0v) is 18.0. The Balaban J connectivity index is 1.69. The lowest BCUT2D eigenvalue weighted by molar-refractivity contribution is 0.414. The summed E-state index contributed by atoms with van der Waals surface area (Å²) in [5.41, 5.74) is 7.70. The van der Waals surface area contributed by atoms with Crippen LogP contribution in [-0.4, -0.2) is 17.9 Å². The van der Waals surface area contributed by atoms with Crippen molar-refractivity contribution in [1.29, 1.82) is 0 Å². The number of hydrogen-bond donors (Lipinski definition) is 1. The zero-order valence-electron chi connectivity index (χ0n) is 18.0. The van der Waals surface area contributed by atoms with E-state index in [9.17, 15) is 5.11 Å². The SMILES string of the molecule is COc1ccc([C@H](C)N=C(C)c2c3ccc(c2O)CCc2ccc(cc2)CC3)cc1. The molecule has 4 bridgehead atoms. The summed E-state index contributed by atoms with van der Waals surface area (Å²) in [4.78, 5) is 4.96. The maximum atomic E-state index is 11.2. The lowest BCUT2D eigenvalue weighted by Crippen LogP contribution is -2.08. The lowest BCUT2D eigenvalue weighted by atomic mass is 9.90. The minimum atomic E-state index is -0.00231. The third-order valence-corrected chi connectivity index (χ3v) is 6.08. The van der Waals surface area contributed by atoms with Gasteiger partial charge < -0.3 is 9.84 Å². The largest absolute Gasteiger partial charge is 0.507 e. The molecule has 0 unspecified atom stereocenters. The molecule has 0 saturated heterocycles. The molecule has 4 aliphatic rings. The van der Waals surface area contributed by atoms with E-state index in [0.717, 1.165) is 59.4 Å². The summed E-state index contributed by atoms with van der Waals surface area (Å²) < 4.78 is 5.26. The van der Waals surface area contributed by atoms with Crippen LogP contribution in [-0.2, 0) is 25.7 Å². The summed E-state index contributed by atoms with van der Waals surface area (Å²) in [7, 11) is 1.67. The van der Waals surface area contributed by atoms with Crippen molar-refractivity contribution >= 4 is 5.71 Å². The van der Waals surface area contributed by atoms with Crippen LogP contribution in [0.15, 0.2) is 65.7 Å². The van der Waals surface area contributed by atoms with Crippen LogP contribution in [0.5, 0.6) is 11.5 Å². The number of hydrogen-bond acceptors (Lipinski definition) is 3. The molecule has 0 radical (unpaired) electrons. The average Bonchev–Trinajstić information content (AvgIpc) is 2.76. The molecule has 3 aromatic carbocycles. The van der Waals surface area contributed by atoms with Crippen LogP contribution in [0.25, 0.3) is 0 Å². The monoisotopic (exact) mass is 399 g/mol. The third kappa shape index (κ3) is 4.25. The fraction of sp³-hybridized carbons (Fsp3) is 0.296. The van der Waals surface area contributed by atoms with Gasteiger partial charge in [-0.05, 0) is 79.5 Å². The molecule has 0 aromatic heterocycles. The normalized spacial score (nSPS) is 14.8. The van der Waals surface area contributed by atoms with Crippen LogP contribution in [0.1, 0.15) is 53.3 Å². The van der Waals surface area contributed by atoms with E-state index >= 15 is 0 Å². The van der Waals surface area contributed by atoms with E-state index in [1.54, 1.807) is 7.11 Å². The van der Waals surface area contributed by atoms with Crippen molar-refractivity contribution < 1.29 is 9.84 Å². The Kier molecular flexibility index (Phi) is 5.89. The van der Waals surface area contributed by atoms with Crippen LogP contribution in [0.4, 0.5) is 0 Å². The first-order valence-corrected chi connectivity index (χ1v) is 10.7. The van der Waals surface area contributed by atoms with E-state index < -0.39 is 0 Å². The molecule has 1 atom stereocenters. The van der Waals surface area contributed by atoms with Gasteiger partial charge in [0.05, 0.1) is 13.2 Å². The zero-order chi connectivity index (χ0) is 21.1. The highest BCUT2D eigenvalue weighted by molar-refractivity contribution is 6.03. The number of methoxy groups -OCH3 is 1. The van der Waals surface area contributed by atoms with Crippen molar-refractivity contribution in [2.75, 3.05) is 7.11 Å². The standard InChI is InChI=1S/C27H29NO2/c1-18(22-14-16-25(30-3)17-15-22)28-19(2)26-23-10-8-20-4-6-21(7-5-20)9-11-24(13-12-23)27(26)29/h4-7,12-18,29H,8-11H2,1-3H3/t18-/m0/s1. The maximum Gasteiger partial charge on any atom is 0.128 e. The molecule has 3 nitrogen and oxygen atoms in total. The van der Waals surface area contributed by atoms with Crippen LogP contribution in [0, 0.1) is 0 Å². The molecule has 0 fully saturated rings. The smallest absolute Gasteiger partial charge is 0.128 e. The first-order chi connectivity index (χ1) is 14.5. The van der Waals surface area contributed by atoms with Gasteiger partial charge in [0.1, 0.15) is 11.5 Å². The lowest BCUT2D eigenvalue weighted by Gasteiger charge is -2.18. The van der Waals surface area contributed by atoms with Crippen LogP contribution in [0.2, 0.25) is 0 Å². The van der Waals surface area contributed by atoms with Crippen LogP contribution >= 0.6 is 0 Å². The van der Waals surface area contributed by atoms with Crippen molar-refractivity contribution in [2.45, 2.75) is 45.6 Å². The second-order valence-electron chi connectivity index (χ2n) is 8.09. The Hall–Kier alpha value is -3.07. The summed E-state index contributed by atoms with van der Waals surface area (Å²) in [6, 6.07) is 21.2. The van der Waals surface area contributed by atoms with Crippen molar-refractivity contribution in [3.8, 4) is 11.5 Å². The minimum absolute atomic E-state index is 0.00231. The van der Waals surface area contributed by atoms with E-state index in [-0.39, 0.29) is 6.04 Å². The molecule has 0 aliphatic heterocycles. The second-order valence-corrected chi connectivity index (χ2v) is 8.09. The summed E-state index contributed by atoms with van der Waals surface area (Å²) in [5, 5.41) is 11.2. The fourth-order valence-corrected chi connectivity index (χ4v) is 4.23. The molecule has 3 heteroatoms. The number of rotatable bonds is 4. The molecule has 3 aromatic rings. The van der Waals surface area contributed by atoms with Gasteiger partial charge >= 0.3 is 0 Å². The Morgan fingerprint density at radius 2 is 1.40 bits per heavy atom. The number of phenols is 1. The molecule has 0 heterocycles. The van der Waals surface area contributed by atoms with Gasteiger partial charge in [-0.1, -0.05) is 48.5 Å². The predicted molar refractivity (Wildman–Crippen MR) is 123 cm³/mol. The summed E-state index contributed by atoms with van der Waals surface area (Å²) in [5.74, 6) is 1.24. The Morgan fingerprint density at radius 3 is 2.00 bits per heavy atom. The summed E-state index contributed by atoms with van der Waals surface area (Å²) in [6.45, 7) is 4.10. The number of phenolic OH excluding ortho intramolecular Hbond substituents is 1. The van der Waals surface area contributed by atoms with Crippen molar-refractivity contribution in [3.63, 3.8) is 0 Å². The van der Waals surface area contributed by atoms with Gasteiger partial charge in [0, 0.05) is 11.3 Å². The van der Waals surface area contributed by atoms with Gasteiger partial charge in [-0.25, -0.2) is 0 Å². The van der Waals surface area contributed by atoms with Gasteiger partial charge in [-0.3, -0.25) is 4.99 Å². The fourth-order valence-electron chi connectivity index (χ4n) is 4.23. The molecule has 4 aliphatic carbocycles. The van der Waals surface area contributed by atoms with Gasteiger partial charge in [0.15, 0.2) is 0 Å². The number of nitrogens with zero attached hydrogens (tertiary/aromatic N) is 1. The molecule has 7 rings (SSSR count). The number of aryl methyl sites for hydroxylation is 4. The maximum absolute atomic E-state index is 11.2. The molecular weight excluding hydrogens is 370 g/mol. The second kappa shape index (κ2) is 8.74. The van der Waals surface area contributed by atoms with Gasteiger partial charge in [-0.2, -0.15) is 0 Å². The topological polar surface area (TPSA) is 41.8 Å². The quantitative estimate of drug-likeness (QED) is 0.559. The van der Waals surface area contributed by atoms with E-state index in [2.05, 4.69) is 43.3 Å². The molecule has 0 spiro atoms. The highest BCUT2D eigenvalue weighted by Crippen LogP contribution is 2.31. The van der Waals surface area contributed by atoms with Gasteiger partial charge in [0.2, 0.25) is 0 Å². The van der Waals surface area contributed by atoms with Crippen molar-refractivity contribution in [3.05, 3.63) is 94.0 Å². The average molecular weight is 400 g/mol. The number of aliphatic imine (C=N–C) groups is 1. The highest BCUT2D eigenvalue weighted by Gasteiger charge is 2.17. The first kappa shape index (κ1) is 20.2. The molecule has 0 saturated carbocycles. The first-order valence-electron chi connectivity index (χ1n) is 10.7. The Morgan fingerprint density at radius 1 is 0.833 bits per heavy atom. The number of benzene rings is 3. The van der Waals surface area contributed by atoms with E-state index in [4.69, 9.17) is 9.73 Å². The third-order valence-electron chi connectivity index (χ3n) is 6.08. The minimum Gasteiger partial charge on any atom is -0.507 e. The highest BCUT2D eigenvalue weighted by atomic mass is 16.5. The number of ether oxygens (including phenoxy) is 1. The molecule has 30 heavy (non-hydrogen) atoms. The van der Waals surface area contributed by atoms with E-state index in [1.165, 1.54) is 11.1 Å². The molecule has 0 amide bonds. The molecule has 1 N–H and O–H groups in total. The number of aromatic hydroxyl groups is 1. The van der Waals surface area contributed by atoms with E-state index in [1.807, 2.05) is 31.2 Å². The van der Waals surface area contributed by atoms with Gasteiger partial charge in [-0.15, -0.1) is 0 Å². The van der Waals surface area contributed by atoms with Crippen molar-refractivity contribution in [2.24, 2.45) is 4.99 Å². The van der Waals surface area contributed by atoms with Gasteiger partial charge in [0.25, 0.3) is 0 Å². The van der Waals surface area contributed by atoms with Crippen LogP contribution in [0.3, 0.4) is 0 Å². The predicted octanol–water partition coefficient (Wildman–Crippen LogP) is 5.85. The van der Waals surface area contributed by atoms with Crippen molar-refractivity contribution in [1.82, 2.24) is 0 Å². The Bertz CT molecular complexity index is 1050. The van der Waals surface area contributed by atoms with Crippen LogP contribution < -0.4 is 4.74 Å². The summed E-state index contributed by atoms with van der Waals surface area (Å²) in [6.07, 6.45) is 3.57. The molecule has 154 valence electrons.